The van der Waals surface area contributed by atoms with Crippen molar-refractivity contribution in [1.82, 2.24) is 15.0 Å². The number of aromatic amines is 1. The highest BCUT2D eigenvalue weighted by Gasteiger charge is 2.19. The van der Waals surface area contributed by atoms with E-state index in [1.165, 1.54) is 6.21 Å². The minimum absolute atomic E-state index is 0.248. The summed E-state index contributed by atoms with van der Waals surface area (Å²) < 4.78 is 30.5. The van der Waals surface area contributed by atoms with E-state index < -0.39 is 10.0 Å². The molecule has 2 N–H and O–H groups in total. The third-order valence-electron chi connectivity index (χ3n) is 4.30. The molecule has 0 fully saturated rings. The molecule has 0 radical (unpaired) electrons. The zero-order valence-corrected chi connectivity index (χ0v) is 17.0. The number of hydrogen-bond acceptors (Lipinski definition) is 5. The minimum Gasteiger partial charge on any atom is -0.497 e. The van der Waals surface area contributed by atoms with Crippen LogP contribution in [-0.2, 0) is 10.0 Å². The molecule has 0 saturated carbocycles. The molecular weight excluding hydrogens is 376 g/mol. The first kappa shape index (κ1) is 19.6. The van der Waals surface area contributed by atoms with Crippen LogP contribution in [0.2, 0.25) is 0 Å². The fraction of sp³-hybridized carbons (Fsp3) is 0.200. The molecule has 0 saturated heterocycles. The van der Waals surface area contributed by atoms with Crippen LogP contribution in [0, 0.1) is 20.8 Å². The standard InChI is InChI=1S/C20H22N4O3S/c1-13-9-14(2)20(15(3)10-13)28(25,26)24-22-12-17-11-21-23-19(17)16-5-7-18(27-4)8-6-16/h5-12,24H,1-4H3,(H,21,23). The maximum absolute atomic E-state index is 12.7. The fourth-order valence-electron chi connectivity index (χ4n) is 3.18. The Morgan fingerprint density at radius 3 is 2.36 bits per heavy atom. The minimum atomic E-state index is -3.77. The first-order valence-corrected chi connectivity index (χ1v) is 10.1. The van der Waals surface area contributed by atoms with Gasteiger partial charge in [-0.15, -0.1) is 0 Å². The summed E-state index contributed by atoms with van der Waals surface area (Å²) in [7, 11) is -2.17. The lowest BCUT2D eigenvalue weighted by Gasteiger charge is -2.11. The highest BCUT2D eigenvalue weighted by Crippen LogP contribution is 2.23. The number of hydrazone groups is 1. The van der Waals surface area contributed by atoms with Gasteiger partial charge in [-0.1, -0.05) is 17.7 Å². The van der Waals surface area contributed by atoms with Gasteiger partial charge in [0.2, 0.25) is 0 Å². The van der Waals surface area contributed by atoms with Crippen molar-refractivity contribution in [2.75, 3.05) is 7.11 Å². The van der Waals surface area contributed by atoms with Gasteiger partial charge in [0, 0.05) is 11.1 Å². The first-order chi connectivity index (χ1) is 13.3. The van der Waals surface area contributed by atoms with E-state index in [-0.39, 0.29) is 4.90 Å². The molecule has 28 heavy (non-hydrogen) atoms. The van der Waals surface area contributed by atoms with E-state index in [1.807, 2.05) is 43.3 Å². The van der Waals surface area contributed by atoms with E-state index in [9.17, 15) is 8.42 Å². The zero-order chi connectivity index (χ0) is 20.3. The van der Waals surface area contributed by atoms with Gasteiger partial charge in [0.15, 0.2) is 0 Å². The summed E-state index contributed by atoms with van der Waals surface area (Å²) in [5.41, 5.74) is 4.65. The van der Waals surface area contributed by atoms with Gasteiger partial charge in [-0.05, 0) is 56.2 Å². The predicted octanol–water partition coefficient (Wildman–Crippen LogP) is 3.32. The normalized spacial score (nSPS) is 11.7. The molecule has 3 rings (SSSR count). The number of nitrogens with one attached hydrogen (secondary N) is 2. The summed E-state index contributed by atoms with van der Waals surface area (Å²) in [6.45, 7) is 5.48. The number of rotatable bonds is 6. The van der Waals surface area contributed by atoms with Gasteiger partial charge in [-0.25, -0.2) is 4.83 Å². The second-order valence-electron chi connectivity index (χ2n) is 6.51. The molecule has 0 unspecified atom stereocenters. The zero-order valence-electron chi connectivity index (χ0n) is 16.1. The number of methoxy groups -OCH3 is 1. The number of benzene rings is 2. The van der Waals surface area contributed by atoms with E-state index in [2.05, 4.69) is 20.1 Å². The summed E-state index contributed by atoms with van der Waals surface area (Å²) >= 11 is 0. The predicted molar refractivity (Wildman–Crippen MR) is 109 cm³/mol. The van der Waals surface area contributed by atoms with Crippen LogP contribution in [-0.4, -0.2) is 31.9 Å². The van der Waals surface area contributed by atoms with Crippen molar-refractivity contribution in [3.63, 3.8) is 0 Å². The summed E-state index contributed by atoms with van der Waals surface area (Å²) in [5.74, 6) is 0.745. The SMILES string of the molecule is COc1ccc(-c2[nH]ncc2C=NNS(=O)(=O)c2c(C)cc(C)cc2C)cc1. The second kappa shape index (κ2) is 7.85. The molecule has 0 aliphatic rings. The number of nitrogens with zero attached hydrogens (tertiary/aromatic N) is 2. The topological polar surface area (TPSA) is 96.4 Å². The molecule has 0 bridgehead atoms. The molecule has 0 atom stereocenters. The van der Waals surface area contributed by atoms with Crippen LogP contribution in [0.3, 0.4) is 0 Å². The van der Waals surface area contributed by atoms with E-state index in [4.69, 9.17) is 4.74 Å². The molecule has 0 spiro atoms. The summed E-state index contributed by atoms with van der Waals surface area (Å²) in [6, 6.07) is 11.1. The molecule has 0 aliphatic heterocycles. The monoisotopic (exact) mass is 398 g/mol. The summed E-state index contributed by atoms with van der Waals surface area (Å²) in [6.07, 6.45) is 3.01. The molecule has 146 valence electrons. The van der Waals surface area contributed by atoms with Gasteiger partial charge in [0.25, 0.3) is 10.0 Å². The molecule has 0 amide bonds. The molecule has 8 heteroatoms. The molecule has 3 aromatic rings. The Hall–Kier alpha value is -3.13. The van der Waals surface area contributed by atoms with Crippen LogP contribution >= 0.6 is 0 Å². The average molecular weight is 398 g/mol. The number of sulfonamides is 1. The number of aromatic nitrogens is 2. The van der Waals surface area contributed by atoms with Crippen molar-refractivity contribution in [2.24, 2.45) is 5.10 Å². The van der Waals surface area contributed by atoms with Crippen molar-refractivity contribution >= 4 is 16.2 Å². The Labute approximate surface area is 164 Å². The fourth-order valence-corrected chi connectivity index (χ4v) is 4.43. The van der Waals surface area contributed by atoms with E-state index in [1.54, 1.807) is 27.2 Å². The quantitative estimate of drug-likeness (QED) is 0.492. The number of H-pyrrole nitrogens is 1. The van der Waals surface area contributed by atoms with Crippen molar-refractivity contribution in [2.45, 2.75) is 25.7 Å². The maximum atomic E-state index is 12.7. The van der Waals surface area contributed by atoms with E-state index in [0.717, 1.165) is 22.6 Å². The van der Waals surface area contributed by atoms with Crippen molar-refractivity contribution in [3.8, 4) is 17.0 Å². The Bertz CT molecular complexity index is 1090. The Morgan fingerprint density at radius 2 is 1.75 bits per heavy atom. The van der Waals surface area contributed by atoms with Gasteiger partial charge in [0.1, 0.15) is 5.75 Å². The van der Waals surface area contributed by atoms with Crippen molar-refractivity contribution in [1.29, 1.82) is 0 Å². The van der Waals surface area contributed by atoms with Crippen LogP contribution in [0.15, 0.2) is 52.6 Å². The third kappa shape index (κ3) is 4.07. The highest BCUT2D eigenvalue weighted by molar-refractivity contribution is 7.89. The number of hydrogen-bond donors (Lipinski definition) is 2. The van der Waals surface area contributed by atoms with Crippen LogP contribution in [0.1, 0.15) is 22.3 Å². The molecule has 1 heterocycles. The Morgan fingerprint density at radius 1 is 1.11 bits per heavy atom. The Kier molecular flexibility index (Phi) is 5.51. The van der Waals surface area contributed by atoms with Crippen molar-refractivity contribution < 1.29 is 13.2 Å². The van der Waals surface area contributed by atoms with Crippen molar-refractivity contribution in [3.05, 3.63) is 64.8 Å². The molecule has 2 aromatic carbocycles. The lowest BCUT2D eigenvalue weighted by Crippen LogP contribution is -2.20. The van der Waals surface area contributed by atoms with E-state index >= 15 is 0 Å². The van der Waals surface area contributed by atoms with Crippen LogP contribution in [0.25, 0.3) is 11.3 Å². The van der Waals surface area contributed by atoms with Gasteiger partial charge < -0.3 is 4.74 Å². The van der Waals surface area contributed by atoms with Gasteiger partial charge in [0.05, 0.1) is 30.1 Å². The van der Waals surface area contributed by atoms with E-state index in [0.29, 0.717) is 16.7 Å². The number of aryl methyl sites for hydroxylation is 3. The summed E-state index contributed by atoms with van der Waals surface area (Å²) in [4.78, 5) is 2.54. The van der Waals surface area contributed by atoms with Crippen LogP contribution < -0.4 is 9.57 Å². The van der Waals surface area contributed by atoms with Crippen LogP contribution in [0.5, 0.6) is 5.75 Å². The first-order valence-electron chi connectivity index (χ1n) is 8.62. The Balaban J connectivity index is 1.83. The molecule has 7 nitrogen and oxygen atoms in total. The largest absolute Gasteiger partial charge is 0.497 e. The van der Waals surface area contributed by atoms with Gasteiger partial charge in [-0.2, -0.15) is 18.6 Å². The maximum Gasteiger partial charge on any atom is 0.277 e. The summed E-state index contributed by atoms with van der Waals surface area (Å²) in [5, 5.41) is 10.9. The second-order valence-corrected chi connectivity index (χ2v) is 8.11. The molecular formula is C20H22N4O3S. The molecule has 1 aromatic heterocycles. The third-order valence-corrected chi connectivity index (χ3v) is 5.82. The lowest BCUT2D eigenvalue weighted by atomic mass is 10.1. The number of ether oxygens (including phenoxy) is 1. The molecule has 0 aliphatic carbocycles. The average Bonchev–Trinajstić information content (AvgIpc) is 3.09. The lowest BCUT2D eigenvalue weighted by molar-refractivity contribution is 0.415. The van der Waals surface area contributed by atoms with Crippen LogP contribution in [0.4, 0.5) is 0 Å². The smallest absolute Gasteiger partial charge is 0.277 e. The van der Waals surface area contributed by atoms with Gasteiger partial charge in [-0.3, -0.25) is 5.10 Å². The van der Waals surface area contributed by atoms with Gasteiger partial charge >= 0.3 is 0 Å². The highest BCUT2D eigenvalue weighted by atomic mass is 32.2.